The van der Waals surface area contributed by atoms with Crippen LogP contribution in [0.2, 0.25) is 0 Å². The molecule has 2 aromatic heterocycles. The predicted octanol–water partition coefficient (Wildman–Crippen LogP) is 1.37. The number of thiazole rings is 2. The van der Waals surface area contributed by atoms with Crippen LogP contribution in [0.5, 0.6) is 0 Å². The third kappa shape index (κ3) is 2.10. The van der Waals surface area contributed by atoms with Gasteiger partial charge in [-0.05, 0) is 11.6 Å². The van der Waals surface area contributed by atoms with Gasteiger partial charge in [-0.3, -0.25) is 0 Å². The van der Waals surface area contributed by atoms with Gasteiger partial charge in [-0.1, -0.05) is 65.1 Å². The summed E-state index contributed by atoms with van der Waals surface area (Å²) in [5.41, 5.74) is 2.60. The lowest BCUT2D eigenvalue weighted by atomic mass is 10.2. The third-order valence-corrected chi connectivity index (χ3v) is 5.39. The number of nitrogens with zero attached hydrogens (tertiary/aromatic N) is 1. The highest BCUT2D eigenvalue weighted by molar-refractivity contribution is 7.39. The molecule has 4 rings (SSSR count). The van der Waals surface area contributed by atoms with E-state index in [1.807, 2.05) is 22.7 Å². The van der Waals surface area contributed by atoms with Gasteiger partial charge in [-0.25, -0.2) is 0 Å². The molecule has 2 heterocycles. The van der Waals surface area contributed by atoms with Gasteiger partial charge >= 0.3 is 4.14 Å². The van der Waals surface area contributed by atoms with E-state index in [0.29, 0.717) is 0 Å². The minimum atomic E-state index is 0. The average Bonchev–Trinajstić information content (AvgIpc) is 2.97. The van der Waals surface area contributed by atoms with Gasteiger partial charge in [0.05, 0.1) is 0 Å². The Balaban J connectivity index is 0.00000110. The molecule has 0 fully saturated rings. The first-order valence-corrected chi connectivity index (χ1v) is 7.43. The molecule has 0 atom stereocenters. The summed E-state index contributed by atoms with van der Waals surface area (Å²) in [6.07, 6.45) is 2.24. The second-order valence-electron chi connectivity index (χ2n) is 4.17. The fourth-order valence-corrected chi connectivity index (χ4v) is 4.56. The number of halogens is 1. The second-order valence-corrected chi connectivity index (χ2v) is 6.49. The van der Waals surface area contributed by atoms with E-state index in [1.54, 1.807) is 0 Å². The summed E-state index contributed by atoms with van der Waals surface area (Å²) >= 11 is 3.72. The van der Waals surface area contributed by atoms with Crippen LogP contribution in [-0.2, 0) is 0 Å². The molecule has 2 aromatic carbocycles. The van der Waals surface area contributed by atoms with Crippen LogP contribution >= 0.6 is 22.7 Å². The molecular formula is C15H10BrNS2. The van der Waals surface area contributed by atoms with Crippen LogP contribution in [0, 0.1) is 0 Å². The number of hydrogen-bond donors (Lipinski definition) is 0. The Labute approximate surface area is 129 Å². The molecule has 0 spiro atoms. The molecule has 19 heavy (non-hydrogen) atoms. The van der Waals surface area contributed by atoms with Crippen LogP contribution in [0.25, 0.3) is 24.8 Å². The Morgan fingerprint density at radius 3 is 2.37 bits per heavy atom. The van der Waals surface area contributed by atoms with Gasteiger partial charge in [0.1, 0.15) is 9.58 Å². The monoisotopic (exact) mass is 347 g/mol. The lowest BCUT2D eigenvalue weighted by Gasteiger charge is -1.90. The molecule has 0 amide bonds. The van der Waals surface area contributed by atoms with Gasteiger partial charge in [0.15, 0.2) is 6.20 Å². The van der Waals surface area contributed by atoms with E-state index in [1.165, 1.54) is 24.8 Å². The van der Waals surface area contributed by atoms with Gasteiger partial charge in [0, 0.05) is 6.07 Å². The molecule has 0 bridgehead atoms. The zero-order chi connectivity index (χ0) is 11.9. The largest absolute Gasteiger partial charge is 1.00 e. The van der Waals surface area contributed by atoms with Crippen LogP contribution in [0.4, 0.5) is 0 Å². The Morgan fingerprint density at radius 1 is 0.789 bits per heavy atom. The van der Waals surface area contributed by atoms with Crippen LogP contribution in [0.1, 0.15) is 0 Å². The lowest BCUT2D eigenvalue weighted by molar-refractivity contribution is -0.472. The van der Waals surface area contributed by atoms with Crippen molar-refractivity contribution in [2.24, 2.45) is 0 Å². The lowest BCUT2D eigenvalue weighted by Crippen LogP contribution is -3.00. The highest BCUT2D eigenvalue weighted by Crippen LogP contribution is 2.31. The molecule has 4 aromatic rings. The summed E-state index contributed by atoms with van der Waals surface area (Å²) in [4.78, 5) is 1.33. The quantitative estimate of drug-likeness (QED) is 0.458. The highest BCUT2D eigenvalue weighted by atomic mass is 79.9. The van der Waals surface area contributed by atoms with Crippen molar-refractivity contribution in [3.8, 4) is 10.4 Å². The van der Waals surface area contributed by atoms with E-state index in [2.05, 4.69) is 65.2 Å². The summed E-state index contributed by atoms with van der Waals surface area (Å²) in [7, 11) is 0. The van der Waals surface area contributed by atoms with Crippen LogP contribution in [0.15, 0.2) is 60.8 Å². The van der Waals surface area contributed by atoms with Crippen LogP contribution in [0.3, 0.4) is 0 Å². The fourth-order valence-electron chi connectivity index (χ4n) is 2.15. The molecule has 94 valence electrons. The maximum Gasteiger partial charge on any atom is 0.326 e. The number of fused-ring (bicyclic) bond motifs is 3. The van der Waals surface area contributed by atoms with E-state index in [9.17, 15) is 0 Å². The molecule has 0 aliphatic heterocycles. The van der Waals surface area contributed by atoms with E-state index in [-0.39, 0.29) is 17.0 Å². The second kappa shape index (κ2) is 5.04. The van der Waals surface area contributed by atoms with E-state index >= 15 is 0 Å². The predicted molar refractivity (Wildman–Crippen MR) is 78.3 cm³/mol. The number of para-hydroxylation sites is 1. The summed E-state index contributed by atoms with van der Waals surface area (Å²) < 4.78 is 4.99. The van der Waals surface area contributed by atoms with Crippen molar-refractivity contribution in [2.75, 3.05) is 0 Å². The summed E-state index contributed by atoms with van der Waals surface area (Å²) in [6.45, 7) is 0. The summed E-state index contributed by atoms with van der Waals surface area (Å²) in [5.74, 6) is 0. The number of hydrogen-bond acceptors (Lipinski definition) is 2. The molecule has 0 saturated heterocycles. The summed E-state index contributed by atoms with van der Waals surface area (Å²) in [5, 5.41) is 0. The van der Waals surface area contributed by atoms with E-state index in [0.717, 1.165) is 0 Å². The topological polar surface area (TPSA) is 4.10 Å². The minimum absolute atomic E-state index is 0. The molecule has 0 aliphatic rings. The van der Waals surface area contributed by atoms with Crippen molar-refractivity contribution in [1.29, 1.82) is 0 Å². The van der Waals surface area contributed by atoms with Crippen molar-refractivity contribution >= 4 is 37.0 Å². The van der Waals surface area contributed by atoms with Crippen molar-refractivity contribution in [1.82, 2.24) is 0 Å². The Bertz CT molecular complexity index is 833. The minimum Gasteiger partial charge on any atom is -1.00 e. The van der Waals surface area contributed by atoms with Crippen molar-refractivity contribution in [2.45, 2.75) is 0 Å². The van der Waals surface area contributed by atoms with Gasteiger partial charge in [-0.15, -0.1) is 4.40 Å². The number of benzene rings is 2. The Hall–Kier alpha value is -1.23. The molecular weight excluding hydrogens is 338 g/mol. The molecule has 4 heteroatoms. The number of rotatable bonds is 1. The standard InChI is InChI=1S/C15H10NS2.BrH/c1-2-6-11(7-3-1)14-10-16-12-8-4-5-9-13(12)17-15(16)18-14;/h1-10H;1H/q+1;/p-1. The van der Waals surface area contributed by atoms with E-state index < -0.39 is 0 Å². The molecule has 0 saturated carbocycles. The molecule has 0 radical (unpaired) electrons. The van der Waals surface area contributed by atoms with Gasteiger partial charge in [0.25, 0.3) is 0 Å². The molecule has 0 unspecified atom stereocenters. The van der Waals surface area contributed by atoms with Crippen molar-refractivity contribution in [3.05, 3.63) is 60.8 Å². The smallest absolute Gasteiger partial charge is 0.326 e. The highest BCUT2D eigenvalue weighted by Gasteiger charge is 2.18. The first-order chi connectivity index (χ1) is 8.92. The van der Waals surface area contributed by atoms with Crippen molar-refractivity contribution in [3.63, 3.8) is 0 Å². The maximum absolute atomic E-state index is 2.30. The van der Waals surface area contributed by atoms with Crippen molar-refractivity contribution < 1.29 is 21.4 Å². The van der Waals surface area contributed by atoms with Gasteiger partial charge < -0.3 is 17.0 Å². The van der Waals surface area contributed by atoms with Crippen LogP contribution < -0.4 is 21.4 Å². The van der Waals surface area contributed by atoms with E-state index in [4.69, 9.17) is 0 Å². The Morgan fingerprint density at radius 2 is 1.53 bits per heavy atom. The maximum atomic E-state index is 2.30. The molecule has 0 aliphatic carbocycles. The Kier molecular flexibility index (Phi) is 3.39. The third-order valence-electron chi connectivity index (χ3n) is 3.02. The zero-order valence-corrected chi connectivity index (χ0v) is 13.1. The van der Waals surface area contributed by atoms with Gasteiger partial charge in [-0.2, -0.15) is 0 Å². The SMILES string of the molecule is [Br-].c1ccc(-c2c[n+]3c(s2)sc2ccccc23)cc1. The van der Waals surface area contributed by atoms with Crippen LogP contribution in [-0.4, -0.2) is 0 Å². The average molecular weight is 348 g/mol. The molecule has 0 N–H and O–H groups in total. The zero-order valence-electron chi connectivity index (χ0n) is 9.92. The number of aromatic nitrogens is 1. The molecule has 1 nitrogen and oxygen atoms in total. The fraction of sp³-hybridized carbons (Fsp3) is 0. The normalized spacial score (nSPS) is 10.7. The van der Waals surface area contributed by atoms with Gasteiger partial charge in [0.2, 0.25) is 5.52 Å². The first kappa shape index (κ1) is 12.8. The first-order valence-electron chi connectivity index (χ1n) is 5.80. The summed E-state index contributed by atoms with van der Waals surface area (Å²) in [6, 6.07) is 19.1.